The molecule has 0 radical (unpaired) electrons. The number of aromatic nitrogens is 2. The van der Waals surface area contributed by atoms with E-state index in [2.05, 4.69) is 13.7 Å². The van der Waals surface area contributed by atoms with Crippen molar-refractivity contribution in [1.29, 1.82) is 0 Å². The third-order valence-corrected chi connectivity index (χ3v) is 6.11. The van der Waals surface area contributed by atoms with Crippen LogP contribution in [0.2, 0.25) is 0 Å². The second-order valence-corrected chi connectivity index (χ2v) is 7.77. The molecule has 9 heteroatoms. The van der Waals surface area contributed by atoms with E-state index in [9.17, 15) is 14.4 Å². The summed E-state index contributed by atoms with van der Waals surface area (Å²) in [4.78, 5) is 45.3. The number of allylic oxidation sites excluding steroid dienone is 3. The van der Waals surface area contributed by atoms with Crippen molar-refractivity contribution < 1.29 is 14.4 Å². The van der Waals surface area contributed by atoms with E-state index >= 15 is 0 Å². The Hall–Kier alpha value is -3.20. The van der Waals surface area contributed by atoms with E-state index in [0.29, 0.717) is 42.7 Å². The first kappa shape index (κ1) is 17.9. The fourth-order valence-corrected chi connectivity index (χ4v) is 4.53. The van der Waals surface area contributed by atoms with Crippen LogP contribution in [0.5, 0.6) is 0 Å². The molecular weight excluding hydrogens is 390 g/mol. The number of hydrogen-bond donors (Lipinski definition) is 0. The highest BCUT2D eigenvalue weighted by atomic mass is 32.1. The fourth-order valence-electron chi connectivity index (χ4n) is 4.02. The molecule has 1 aromatic heterocycles. The third-order valence-electron chi connectivity index (χ3n) is 5.55. The summed E-state index contributed by atoms with van der Waals surface area (Å²) >= 11 is 1.12. The van der Waals surface area contributed by atoms with Crippen LogP contribution in [0.3, 0.4) is 0 Å². The Morgan fingerprint density at radius 3 is 2.69 bits per heavy atom. The second-order valence-electron chi connectivity index (χ2n) is 7.24. The zero-order valence-corrected chi connectivity index (χ0v) is 16.2. The summed E-state index contributed by atoms with van der Waals surface area (Å²) in [6.45, 7) is 0.954. The summed E-state index contributed by atoms with van der Waals surface area (Å²) in [5, 5.41) is 0. The van der Waals surface area contributed by atoms with Gasteiger partial charge in [-0.25, -0.2) is 4.79 Å². The lowest BCUT2D eigenvalue weighted by atomic mass is 9.93. The molecule has 1 unspecified atom stereocenters. The molecule has 0 spiro atoms. The molecule has 29 heavy (non-hydrogen) atoms. The van der Waals surface area contributed by atoms with Crippen molar-refractivity contribution in [2.75, 3.05) is 13.1 Å². The molecule has 1 saturated heterocycles. The summed E-state index contributed by atoms with van der Waals surface area (Å²) in [5.74, 6) is -0.794. The van der Waals surface area contributed by atoms with E-state index in [1.54, 1.807) is 47.4 Å². The van der Waals surface area contributed by atoms with Gasteiger partial charge >= 0.3 is 6.03 Å². The second kappa shape index (κ2) is 7.00. The molecule has 0 bridgehead atoms. The van der Waals surface area contributed by atoms with Crippen LogP contribution in [0.15, 0.2) is 47.5 Å². The molecular formula is C20H17N5O3S. The van der Waals surface area contributed by atoms with Crippen molar-refractivity contribution >= 4 is 46.3 Å². The zero-order chi connectivity index (χ0) is 20.0. The quantitative estimate of drug-likeness (QED) is 0.762. The Morgan fingerprint density at radius 2 is 1.86 bits per heavy atom. The molecule has 2 aliphatic heterocycles. The molecule has 8 nitrogen and oxygen atoms in total. The van der Waals surface area contributed by atoms with E-state index in [1.807, 2.05) is 0 Å². The maximum absolute atomic E-state index is 12.9. The van der Waals surface area contributed by atoms with Crippen molar-refractivity contribution in [2.45, 2.75) is 18.9 Å². The number of benzene rings is 1. The first-order valence-corrected chi connectivity index (χ1v) is 10.2. The van der Waals surface area contributed by atoms with Gasteiger partial charge in [-0.3, -0.25) is 14.5 Å². The SMILES string of the molecule is O=C(c1ccc2nsnc2c1)N1CCC(N2C(=O)N=C3C=CC=CC3C2=O)CC1. The molecule has 146 valence electrons. The summed E-state index contributed by atoms with van der Waals surface area (Å²) in [5.41, 5.74) is 2.56. The van der Waals surface area contributed by atoms with Gasteiger partial charge < -0.3 is 4.90 Å². The van der Waals surface area contributed by atoms with Crippen LogP contribution < -0.4 is 0 Å². The van der Waals surface area contributed by atoms with Gasteiger partial charge in [0.25, 0.3) is 5.91 Å². The van der Waals surface area contributed by atoms with Gasteiger partial charge in [-0.15, -0.1) is 0 Å². The Kier molecular flexibility index (Phi) is 4.31. The van der Waals surface area contributed by atoms with Crippen molar-refractivity contribution in [3.63, 3.8) is 0 Å². The molecule has 5 rings (SSSR count). The van der Waals surface area contributed by atoms with Gasteiger partial charge in [0.2, 0.25) is 5.91 Å². The Labute approximate surface area is 170 Å². The maximum Gasteiger partial charge on any atom is 0.350 e. The number of likely N-dealkylation sites (tertiary alicyclic amines) is 1. The molecule has 0 N–H and O–H groups in total. The van der Waals surface area contributed by atoms with Gasteiger partial charge in [-0.05, 0) is 37.1 Å². The normalized spacial score (nSPS) is 22.2. The van der Waals surface area contributed by atoms with Crippen LogP contribution in [-0.2, 0) is 4.79 Å². The largest absolute Gasteiger partial charge is 0.350 e. The first-order chi connectivity index (χ1) is 14.1. The third kappa shape index (κ3) is 3.07. The number of imide groups is 1. The van der Waals surface area contributed by atoms with E-state index in [4.69, 9.17) is 0 Å². The fraction of sp³-hybridized carbons (Fsp3) is 0.300. The highest BCUT2D eigenvalue weighted by Gasteiger charge is 2.41. The molecule has 4 amide bonds. The van der Waals surface area contributed by atoms with E-state index in [1.165, 1.54) is 4.90 Å². The molecule has 1 fully saturated rings. The Bertz CT molecular complexity index is 1110. The van der Waals surface area contributed by atoms with Gasteiger partial charge in [0, 0.05) is 24.7 Å². The number of amides is 4. The Balaban J connectivity index is 1.29. The first-order valence-electron chi connectivity index (χ1n) is 9.44. The van der Waals surface area contributed by atoms with Crippen LogP contribution in [0.4, 0.5) is 4.79 Å². The number of rotatable bonds is 2. The van der Waals surface area contributed by atoms with Crippen molar-refractivity contribution in [3.8, 4) is 0 Å². The number of carbonyl (C=O) groups is 3. The minimum absolute atomic E-state index is 0.0738. The number of urea groups is 1. The van der Waals surface area contributed by atoms with Crippen molar-refractivity contribution in [3.05, 3.63) is 48.1 Å². The lowest BCUT2D eigenvalue weighted by Crippen LogP contribution is -2.54. The van der Waals surface area contributed by atoms with E-state index in [-0.39, 0.29) is 17.9 Å². The number of hydrogen-bond acceptors (Lipinski definition) is 6. The molecule has 3 aliphatic rings. The van der Waals surface area contributed by atoms with Gasteiger partial charge in [0.1, 0.15) is 11.0 Å². The topological polar surface area (TPSA) is 95.8 Å². The highest BCUT2D eigenvalue weighted by Crippen LogP contribution is 2.26. The monoisotopic (exact) mass is 407 g/mol. The molecule has 1 atom stereocenters. The lowest BCUT2D eigenvalue weighted by molar-refractivity contribution is -0.131. The maximum atomic E-state index is 12.9. The average Bonchev–Trinajstić information content (AvgIpc) is 3.22. The number of aliphatic imine (C=N–C) groups is 1. The van der Waals surface area contributed by atoms with Gasteiger partial charge in [-0.1, -0.05) is 18.2 Å². The van der Waals surface area contributed by atoms with Crippen molar-refractivity contribution in [2.24, 2.45) is 10.9 Å². The lowest BCUT2D eigenvalue weighted by Gasteiger charge is -2.39. The van der Waals surface area contributed by atoms with Crippen LogP contribution >= 0.6 is 11.7 Å². The minimum atomic E-state index is -0.507. The molecule has 3 heterocycles. The standard InChI is InChI=1S/C20H17N5O3S/c26-18(12-5-6-16-17(11-12)23-29-22-16)24-9-7-13(8-10-24)25-19(27)14-3-1-2-4-15(14)21-20(25)28/h1-6,11,13-14H,7-10H2. The number of carbonyl (C=O) groups excluding carboxylic acids is 3. The van der Waals surface area contributed by atoms with E-state index < -0.39 is 11.9 Å². The number of piperidine rings is 1. The van der Waals surface area contributed by atoms with Gasteiger partial charge in [0.05, 0.1) is 23.4 Å². The van der Waals surface area contributed by atoms with Crippen LogP contribution in [0.25, 0.3) is 11.0 Å². The van der Waals surface area contributed by atoms with Crippen molar-refractivity contribution in [1.82, 2.24) is 18.5 Å². The van der Waals surface area contributed by atoms with Gasteiger partial charge in [0.15, 0.2) is 0 Å². The summed E-state index contributed by atoms with van der Waals surface area (Å²) < 4.78 is 8.34. The minimum Gasteiger partial charge on any atom is -0.338 e. The van der Waals surface area contributed by atoms with Crippen LogP contribution in [0.1, 0.15) is 23.2 Å². The van der Waals surface area contributed by atoms with Gasteiger partial charge in [-0.2, -0.15) is 13.7 Å². The predicted octanol–water partition coefficient (Wildman–Crippen LogP) is 2.44. The average molecular weight is 407 g/mol. The highest BCUT2D eigenvalue weighted by molar-refractivity contribution is 7.00. The van der Waals surface area contributed by atoms with Crippen LogP contribution in [0, 0.1) is 5.92 Å². The zero-order valence-electron chi connectivity index (χ0n) is 15.4. The van der Waals surface area contributed by atoms with E-state index in [0.717, 1.165) is 17.2 Å². The summed E-state index contributed by atoms with van der Waals surface area (Å²) in [6, 6.07) is 4.56. The smallest absolute Gasteiger partial charge is 0.338 e. The molecule has 1 aliphatic carbocycles. The molecule has 1 aromatic carbocycles. The van der Waals surface area contributed by atoms with Crippen LogP contribution in [-0.4, -0.2) is 61.2 Å². The summed E-state index contributed by atoms with van der Waals surface area (Å²) in [6.07, 6.45) is 8.12. The Morgan fingerprint density at radius 1 is 1.07 bits per heavy atom. The predicted molar refractivity (Wildman–Crippen MR) is 108 cm³/mol. The molecule has 0 saturated carbocycles. The summed E-state index contributed by atoms with van der Waals surface area (Å²) in [7, 11) is 0. The number of nitrogens with zero attached hydrogens (tertiary/aromatic N) is 5. The molecule has 2 aromatic rings. The number of fused-ring (bicyclic) bond motifs is 2.